The predicted molar refractivity (Wildman–Crippen MR) is 166 cm³/mol. The van der Waals surface area contributed by atoms with Gasteiger partial charge in [-0.25, -0.2) is 0 Å². The summed E-state index contributed by atoms with van der Waals surface area (Å²) in [4.78, 5) is 40.4. The number of aromatic hydroxyl groups is 1. The van der Waals surface area contributed by atoms with E-state index in [0.717, 1.165) is 42.4 Å². The molecule has 0 saturated heterocycles. The molecule has 4 aliphatic rings. The average Bonchev–Trinajstić information content (AvgIpc) is 3.34. The van der Waals surface area contributed by atoms with Crippen LogP contribution in [-0.4, -0.2) is 59.2 Å². The van der Waals surface area contributed by atoms with Crippen LogP contribution in [0, 0.1) is 11.3 Å². The fourth-order valence-electron chi connectivity index (χ4n) is 8.77. The van der Waals surface area contributed by atoms with Crippen molar-refractivity contribution >= 4 is 28.2 Å². The van der Waals surface area contributed by atoms with Crippen molar-refractivity contribution in [3.63, 3.8) is 0 Å². The summed E-state index contributed by atoms with van der Waals surface area (Å²) in [7, 11) is 2.99. The number of amides is 1. The van der Waals surface area contributed by atoms with E-state index in [1.54, 1.807) is 13.2 Å². The van der Waals surface area contributed by atoms with Crippen LogP contribution in [0.3, 0.4) is 0 Å². The van der Waals surface area contributed by atoms with E-state index in [1.165, 1.54) is 7.11 Å². The number of unbranched alkanes of at least 4 members (excludes halogenated alkanes) is 1. The quantitative estimate of drug-likeness (QED) is 0.147. The van der Waals surface area contributed by atoms with E-state index < -0.39 is 64.0 Å². The van der Waals surface area contributed by atoms with Crippen LogP contribution in [0.25, 0.3) is 10.8 Å². The summed E-state index contributed by atoms with van der Waals surface area (Å²) < 4.78 is 18.3. The second kappa shape index (κ2) is 10.3. The molecule has 2 aromatic rings. The van der Waals surface area contributed by atoms with Crippen molar-refractivity contribution in [3.05, 3.63) is 51.3 Å². The third kappa shape index (κ3) is 3.78. The number of Topliss-reactive ketones (excluding diaryl/α,β-unsaturated/α-hetero) is 2. The molecule has 0 fully saturated rings. The first-order valence-electron chi connectivity index (χ1n) is 15.5. The molecule has 6 rings (SSSR count). The Morgan fingerprint density at radius 1 is 1.11 bits per heavy atom. The first kappa shape index (κ1) is 31.1. The normalized spacial score (nSPS) is 28.3. The molecule has 4 atom stereocenters. The Balaban J connectivity index is 1.76. The summed E-state index contributed by atoms with van der Waals surface area (Å²) in [6.07, 6.45) is 4.54. The van der Waals surface area contributed by atoms with Crippen LogP contribution in [0.2, 0.25) is 0 Å². The van der Waals surface area contributed by atoms with Crippen LogP contribution in [0.1, 0.15) is 93.0 Å². The average molecular weight is 620 g/mol. The monoisotopic (exact) mass is 619 g/mol. The van der Waals surface area contributed by atoms with Gasteiger partial charge in [-0.3, -0.25) is 14.4 Å². The molecule has 0 aliphatic heterocycles. The number of hydrogen-bond donors (Lipinski definition) is 4. The molecule has 0 bridgehead atoms. The number of rotatable bonds is 7. The smallest absolute Gasteiger partial charge is 0.255 e. The van der Waals surface area contributed by atoms with Gasteiger partial charge in [-0.05, 0) is 49.1 Å². The molecule has 5 N–H and O–H groups in total. The summed E-state index contributed by atoms with van der Waals surface area (Å²) >= 11 is 0. The molecule has 2 aromatic carbocycles. The van der Waals surface area contributed by atoms with Crippen molar-refractivity contribution in [1.29, 1.82) is 0 Å². The van der Waals surface area contributed by atoms with E-state index in [0.29, 0.717) is 40.9 Å². The number of allylic oxidation sites excluding steroid dienone is 3. The van der Waals surface area contributed by atoms with Crippen molar-refractivity contribution in [2.24, 2.45) is 17.1 Å². The van der Waals surface area contributed by atoms with E-state index >= 15 is 0 Å². The minimum atomic E-state index is -2.81. The van der Waals surface area contributed by atoms with Crippen LogP contribution >= 0.6 is 0 Å². The molecule has 1 amide bonds. The fourth-order valence-corrected chi connectivity index (χ4v) is 8.77. The minimum absolute atomic E-state index is 0.259. The van der Waals surface area contributed by atoms with Gasteiger partial charge >= 0.3 is 0 Å². The lowest BCUT2D eigenvalue weighted by Gasteiger charge is -2.49. The number of aliphatic hydroxyl groups excluding tert-OH is 1. The fraction of sp³-hybridized carbons (Fsp3) is 0.514. The number of phenolic OH excluding ortho intramolecular Hbond substituents is 1. The van der Waals surface area contributed by atoms with Gasteiger partial charge in [-0.15, -0.1) is 0 Å². The van der Waals surface area contributed by atoms with Crippen LogP contribution < -0.4 is 15.2 Å². The number of fused-ring (bicyclic) bond motifs is 4. The molecule has 4 aliphatic carbocycles. The van der Waals surface area contributed by atoms with Gasteiger partial charge in [-0.2, -0.15) is 0 Å². The van der Waals surface area contributed by atoms with Gasteiger partial charge in [0.05, 0.1) is 30.8 Å². The summed E-state index contributed by atoms with van der Waals surface area (Å²) in [5, 5.41) is 35.9. The third-order valence-corrected chi connectivity index (χ3v) is 11.1. The number of primary amides is 1. The highest BCUT2D eigenvalue weighted by molar-refractivity contribution is 6.33. The maximum absolute atomic E-state index is 14.5. The van der Waals surface area contributed by atoms with Gasteiger partial charge < -0.3 is 35.3 Å². The number of nitrogens with two attached hydrogens (primary N) is 1. The largest absolute Gasteiger partial charge is 0.511 e. The van der Waals surface area contributed by atoms with E-state index in [9.17, 15) is 29.7 Å². The molecule has 10 nitrogen and oxygen atoms in total. The molecule has 240 valence electrons. The van der Waals surface area contributed by atoms with Crippen molar-refractivity contribution < 1.29 is 43.9 Å². The standard InChI is InChI=1S/C35H41NO9/c1-7-8-12-45-20-14-21(43-5)27-22-17(15-34(27)16(2)10-9-11-33(34,3)4)23-26(28(38)25(20)22)31(40)35(42)18(29(23)44-6)13-19(37)24(30(35)39)32(36)41/h10,14,18,29,37-38,42H,7-9,11-13,15H2,1-6H3,(H2,36,41)/t18-,29+,34+,35-/m1/s1. The van der Waals surface area contributed by atoms with Crippen molar-refractivity contribution in [1.82, 2.24) is 0 Å². The number of ketones is 2. The minimum Gasteiger partial charge on any atom is -0.511 e. The van der Waals surface area contributed by atoms with Crippen LogP contribution in [0.15, 0.2) is 29.0 Å². The molecular formula is C35H41NO9. The number of benzene rings is 2. The van der Waals surface area contributed by atoms with E-state index in [2.05, 4.69) is 26.8 Å². The Hall–Kier alpha value is -3.89. The molecule has 1 spiro atoms. The van der Waals surface area contributed by atoms with Crippen LogP contribution in [-0.2, 0) is 26.2 Å². The molecule has 0 heterocycles. The highest BCUT2D eigenvalue weighted by atomic mass is 16.5. The molecule has 10 heteroatoms. The zero-order valence-electron chi connectivity index (χ0n) is 26.6. The molecule has 0 aromatic heterocycles. The topological polar surface area (TPSA) is 166 Å². The Kier molecular flexibility index (Phi) is 7.13. The molecule has 0 unspecified atom stereocenters. The molecular weight excluding hydrogens is 578 g/mol. The van der Waals surface area contributed by atoms with Gasteiger partial charge in [0.2, 0.25) is 11.6 Å². The zero-order chi connectivity index (χ0) is 32.8. The lowest BCUT2D eigenvalue weighted by Crippen LogP contribution is -2.61. The maximum atomic E-state index is 14.5. The van der Waals surface area contributed by atoms with Gasteiger partial charge in [-0.1, -0.05) is 38.8 Å². The van der Waals surface area contributed by atoms with Crippen LogP contribution in [0.5, 0.6) is 17.2 Å². The number of methoxy groups -OCH3 is 2. The summed E-state index contributed by atoms with van der Waals surface area (Å²) in [6, 6.07) is 1.75. The summed E-state index contributed by atoms with van der Waals surface area (Å²) in [5.41, 5.74) is 3.74. The van der Waals surface area contributed by atoms with Crippen LogP contribution in [0.4, 0.5) is 0 Å². The number of carbonyl (C=O) groups excluding carboxylic acids is 3. The molecule has 0 saturated carbocycles. The number of carbonyl (C=O) groups is 3. The number of ether oxygens (including phenoxy) is 3. The maximum Gasteiger partial charge on any atom is 0.255 e. The Morgan fingerprint density at radius 3 is 2.42 bits per heavy atom. The summed E-state index contributed by atoms with van der Waals surface area (Å²) in [5.74, 6) is -5.07. The Bertz CT molecular complexity index is 1750. The Labute approximate surface area is 261 Å². The number of phenols is 1. The summed E-state index contributed by atoms with van der Waals surface area (Å²) in [6.45, 7) is 8.90. The Morgan fingerprint density at radius 2 is 1.82 bits per heavy atom. The van der Waals surface area contributed by atoms with Gasteiger partial charge in [0, 0.05) is 41.9 Å². The molecule has 45 heavy (non-hydrogen) atoms. The second-order valence-electron chi connectivity index (χ2n) is 13.5. The molecule has 0 radical (unpaired) electrons. The van der Waals surface area contributed by atoms with Gasteiger partial charge in [0.15, 0.2) is 5.60 Å². The van der Waals surface area contributed by atoms with E-state index in [-0.39, 0.29) is 11.0 Å². The third-order valence-electron chi connectivity index (χ3n) is 11.1. The lowest BCUT2D eigenvalue weighted by atomic mass is 9.54. The van der Waals surface area contributed by atoms with Crippen molar-refractivity contribution in [3.8, 4) is 17.2 Å². The zero-order valence-corrected chi connectivity index (χ0v) is 26.6. The van der Waals surface area contributed by atoms with E-state index in [1.807, 2.05) is 6.92 Å². The SMILES string of the molecule is CCCCOc1cc(OC)c2c3c(c4c(c(O)c13)C(=O)[C@]1(O)C(=O)C(C(N)=O)=C(O)C[C@@H]1[C@@H]4OC)C[C@]21C(C)=CCCC1(C)C. The predicted octanol–water partition coefficient (Wildman–Crippen LogP) is 4.79. The lowest BCUT2D eigenvalue weighted by molar-refractivity contribution is -0.145. The first-order valence-corrected chi connectivity index (χ1v) is 15.5. The highest BCUT2D eigenvalue weighted by Gasteiger charge is 2.65. The van der Waals surface area contributed by atoms with Crippen molar-refractivity contribution in [2.45, 2.75) is 83.3 Å². The first-order chi connectivity index (χ1) is 21.2. The highest BCUT2D eigenvalue weighted by Crippen LogP contribution is 2.66. The number of aliphatic hydroxyl groups is 2. The second-order valence-corrected chi connectivity index (χ2v) is 13.5. The van der Waals surface area contributed by atoms with Gasteiger partial charge in [0.25, 0.3) is 5.91 Å². The van der Waals surface area contributed by atoms with Gasteiger partial charge in [0.1, 0.15) is 28.6 Å². The van der Waals surface area contributed by atoms with E-state index in [4.69, 9.17) is 19.9 Å². The number of hydrogen-bond acceptors (Lipinski definition) is 9. The van der Waals surface area contributed by atoms with Crippen molar-refractivity contribution in [2.75, 3.05) is 20.8 Å².